The fourth-order valence-electron chi connectivity index (χ4n) is 4.94. The number of hydrogen-bond acceptors (Lipinski definition) is 2. The molecule has 1 heterocycles. The average molecular weight is 463 g/mol. The zero-order chi connectivity index (χ0) is 26.1. The van der Waals surface area contributed by atoms with Crippen LogP contribution < -0.4 is 5.46 Å². The molecule has 2 aliphatic rings. The van der Waals surface area contributed by atoms with Gasteiger partial charge in [0.2, 0.25) is 0 Å². The molecule has 0 unspecified atom stereocenters. The van der Waals surface area contributed by atoms with E-state index in [4.69, 9.17) is 9.31 Å². The molecular formula is C31H47BO2. The van der Waals surface area contributed by atoms with E-state index in [-0.39, 0.29) is 34.6 Å². The topological polar surface area (TPSA) is 18.5 Å². The van der Waals surface area contributed by atoms with E-state index in [0.717, 1.165) is 0 Å². The molecule has 2 aromatic rings. The summed E-state index contributed by atoms with van der Waals surface area (Å²) in [7, 11) is -0.375. The van der Waals surface area contributed by atoms with E-state index >= 15 is 0 Å². The molecule has 0 spiro atoms. The lowest BCUT2D eigenvalue weighted by Gasteiger charge is -2.32. The van der Waals surface area contributed by atoms with Crippen molar-refractivity contribution < 1.29 is 9.31 Å². The summed E-state index contributed by atoms with van der Waals surface area (Å²) in [5.74, 6) is 0. The zero-order valence-electron chi connectivity index (χ0n) is 24.3. The number of hydrogen-bond donors (Lipinski definition) is 0. The van der Waals surface area contributed by atoms with Gasteiger partial charge in [0.05, 0.1) is 11.2 Å². The van der Waals surface area contributed by atoms with Crippen LogP contribution in [0, 0.1) is 0 Å². The monoisotopic (exact) mass is 462 g/mol. The van der Waals surface area contributed by atoms with Gasteiger partial charge in [-0.1, -0.05) is 99.6 Å². The van der Waals surface area contributed by atoms with E-state index < -0.39 is 0 Å². The predicted octanol–water partition coefficient (Wildman–Crippen LogP) is 7.91. The van der Waals surface area contributed by atoms with E-state index in [2.05, 4.69) is 113 Å². The Bertz CT molecular complexity index is 1060. The molecular weight excluding hydrogens is 415 g/mol. The highest BCUT2D eigenvalue weighted by molar-refractivity contribution is 6.64. The second-order valence-electron chi connectivity index (χ2n) is 13.5. The van der Waals surface area contributed by atoms with Gasteiger partial charge in [0.15, 0.2) is 0 Å². The van der Waals surface area contributed by atoms with Crippen molar-refractivity contribution in [1.29, 1.82) is 0 Å². The van der Waals surface area contributed by atoms with Crippen LogP contribution in [0.2, 0.25) is 0 Å². The molecule has 34 heavy (non-hydrogen) atoms. The number of benzene rings is 2. The summed E-state index contributed by atoms with van der Waals surface area (Å²) in [6, 6.07) is 11.8. The van der Waals surface area contributed by atoms with E-state index in [1.54, 1.807) is 0 Å². The molecule has 2 aromatic carbocycles. The van der Waals surface area contributed by atoms with E-state index in [1.165, 1.54) is 38.8 Å². The number of rotatable bonds is 1. The largest absolute Gasteiger partial charge is 0.495 e. The highest BCUT2D eigenvalue weighted by Crippen LogP contribution is 2.51. The van der Waals surface area contributed by atoms with Crippen LogP contribution in [0.4, 0.5) is 0 Å². The van der Waals surface area contributed by atoms with Crippen LogP contribution in [-0.4, -0.2) is 18.3 Å². The van der Waals surface area contributed by atoms with Crippen LogP contribution in [0.15, 0.2) is 30.3 Å². The van der Waals surface area contributed by atoms with E-state index in [9.17, 15) is 0 Å². The molecule has 0 bridgehead atoms. The van der Waals surface area contributed by atoms with Crippen LogP contribution in [0.3, 0.4) is 0 Å². The first-order valence-corrected chi connectivity index (χ1v) is 13.1. The minimum absolute atomic E-state index is 0.0366. The Labute approximate surface area is 210 Å². The normalized spacial score (nSPS) is 19.9. The highest BCUT2D eigenvalue weighted by atomic mass is 16.7. The molecule has 2 nitrogen and oxygen atoms in total. The maximum atomic E-state index is 6.58. The van der Waals surface area contributed by atoms with Crippen molar-refractivity contribution in [3.63, 3.8) is 0 Å². The summed E-state index contributed by atoms with van der Waals surface area (Å²) in [5, 5.41) is 0. The van der Waals surface area contributed by atoms with Gasteiger partial charge >= 0.3 is 7.12 Å². The van der Waals surface area contributed by atoms with Gasteiger partial charge in [-0.3, -0.25) is 0 Å². The average Bonchev–Trinajstić information content (AvgIpc) is 3.07. The Morgan fingerprint density at radius 1 is 0.647 bits per heavy atom. The van der Waals surface area contributed by atoms with Gasteiger partial charge in [-0.2, -0.15) is 0 Å². The molecule has 3 heteroatoms. The SMILES string of the molecule is CC.CC(C)(C)c1ccc2c(c1)C(C)(C)c1cc(C(C)(C)C)cc(B3OC(C)(C)C(C)(C)O3)c1-2. The molecule has 1 saturated heterocycles. The first kappa shape index (κ1) is 27.0. The van der Waals surface area contributed by atoms with Crippen molar-refractivity contribution in [2.45, 2.75) is 124 Å². The van der Waals surface area contributed by atoms with Crippen molar-refractivity contribution in [3.8, 4) is 11.1 Å². The van der Waals surface area contributed by atoms with Crippen molar-refractivity contribution in [3.05, 3.63) is 52.6 Å². The molecule has 1 aliphatic carbocycles. The molecule has 4 rings (SSSR count). The minimum atomic E-state index is -0.375. The minimum Gasteiger partial charge on any atom is -0.399 e. The summed E-state index contributed by atoms with van der Waals surface area (Å²) in [4.78, 5) is 0. The van der Waals surface area contributed by atoms with Gasteiger partial charge in [0.25, 0.3) is 0 Å². The summed E-state index contributed by atoms with van der Waals surface area (Å²) < 4.78 is 13.2. The van der Waals surface area contributed by atoms with Crippen molar-refractivity contribution >= 4 is 12.6 Å². The molecule has 0 aromatic heterocycles. The Morgan fingerprint density at radius 3 is 1.59 bits per heavy atom. The lowest BCUT2D eigenvalue weighted by Crippen LogP contribution is -2.41. The molecule has 0 atom stereocenters. The third-order valence-corrected chi connectivity index (χ3v) is 8.04. The molecule has 0 amide bonds. The first-order chi connectivity index (χ1) is 15.4. The quantitative estimate of drug-likeness (QED) is 0.401. The highest BCUT2D eigenvalue weighted by Gasteiger charge is 2.53. The molecule has 0 saturated carbocycles. The molecule has 1 aliphatic heterocycles. The van der Waals surface area contributed by atoms with Crippen molar-refractivity contribution in [1.82, 2.24) is 0 Å². The fourth-order valence-corrected chi connectivity index (χ4v) is 4.94. The Kier molecular flexibility index (Phi) is 6.55. The van der Waals surface area contributed by atoms with Gasteiger partial charge in [-0.05, 0) is 77.4 Å². The first-order valence-electron chi connectivity index (χ1n) is 13.1. The summed E-state index contributed by atoms with van der Waals surface area (Å²) in [6.45, 7) is 31.0. The molecule has 1 fully saturated rings. The summed E-state index contributed by atoms with van der Waals surface area (Å²) >= 11 is 0. The van der Waals surface area contributed by atoms with E-state index in [1.807, 2.05) is 13.8 Å². The van der Waals surface area contributed by atoms with Gasteiger partial charge in [-0.15, -0.1) is 0 Å². The van der Waals surface area contributed by atoms with Gasteiger partial charge in [0.1, 0.15) is 0 Å². The molecule has 186 valence electrons. The smallest absolute Gasteiger partial charge is 0.399 e. The Morgan fingerprint density at radius 2 is 1.12 bits per heavy atom. The third-order valence-electron chi connectivity index (χ3n) is 8.04. The van der Waals surface area contributed by atoms with Crippen LogP contribution in [0.1, 0.15) is 119 Å². The summed E-state index contributed by atoms with van der Waals surface area (Å²) in [5.41, 5.74) is 8.64. The third kappa shape index (κ3) is 4.28. The second-order valence-corrected chi connectivity index (χ2v) is 13.5. The van der Waals surface area contributed by atoms with Gasteiger partial charge in [-0.25, -0.2) is 0 Å². The van der Waals surface area contributed by atoms with Crippen molar-refractivity contribution in [2.75, 3.05) is 0 Å². The van der Waals surface area contributed by atoms with Crippen LogP contribution in [0.25, 0.3) is 11.1 Å². The Hall–Kier alpha value is -1.58. The zero-order valence-corrected chi connectivity index (χ0v) is 24.3. The number of fused-ring (bicyclic) bond motifs is 3. The Balaban J connectivity index is 0.00000158. The van der Waals surface area contributed by atoms with Crippen LogP contribution in [-0.2, 0) is 25.6 Å². The van der Waals surface area contributed by atoms with Gasteiger partial charge < -0.3 is 9.31 Å². The lowest BCUT2D eigenvalue weighted by molar-refractivity contribution is 0.00578. The summed E-state index contributed by atoms with van der Waals surface area (Å²) in [6.07, 6.45) is 0. The predicted molar refractivity (Wildman–Crippen MR) is 148 cm³/mol. The maximum Gasteiger partial charge on any atom is 0.495 e. The van der Waals surface area contributed by atoms with Gasteiger partial charge in [0, 0.05) is 5.41 Å². The fraction of sp³-hybridized carbons (Fsp3) is 0.613. The standard InChI is InChI=1S/C29H41BO2.C2H6/c1-25(2,3)18-13-14-20-21(15-18)27(7,8)22-16-19(26(4,5)6)17-23(24(20)22)30-31-28(9,10)29(11,12)32-30;1-2/h13-17H,1-12H3;1-2H3. The molecule has 0 N–H and O–H groups in total. The van der Waals surface area contributed by atoms with Crippen molar-refractivity contribution in [2.24, 2.45) is 0 Å². The van der Waals surface area contributed by atoms with E-state index in [0.29, 0.717) is 0 Å². The second kappa shape index (κ2) is 8.24. The maximum absolute atomic E-state index is 6.58. The van der Waals surface area contributed by atoms with Crippen LogP contribution in [0.5, 0.6) is 0 Å². The lowest BCUT2D eigenvalue weighted by atomic mass is 9.69. The van der Waals surface area contributed by atoms with Crippen LogP contribution >= 0.6 is 0 Å². The molecule has 0 radical (unpaired) electrons.